The van der Waals surface area contributed by atoms with Crippen molar-refractivity contribution in [1.29, 1.82) is 0 Å². The normalized spacial score (nSPS) is 12.2. The van der Waals surface area contributed by atoms with Gasteiger partial charge in [0.25, 0.3) is 0 Å². The Morgan fingerprint density at radius 2 is 2.05 bits per heavy atom. The summed E-state index contributed by atoms with van der Waals surface area (Å²) in [6.07, 6.45) is 0. The highest BCUT2D eigenvalue weighted by molar-refractivity contribution is 7.07. The Balaban J connectivity index is 2.43. The van der Waals surface area contributed by atoms with Crippen molar-refractivity contribution in [3.05, 3.63) is 22.4 Å². The Morgan fingerprint density at radius 3 is 2.60 bits per heavy atom. The molecule has 0 aliphatic carbocycles. The lowest BCUT2D eigenvalue weighted by atomic mass is 10.1. The zero-order chi connectivity index (χ0) is 15.0. The van der Waals surface area contributed by atoms with Crippen molar-refractivity contribution in [3.63, 3.8) is 0 Å². The Labute approximate surface area is 123 Å². The van der Waals surface area contributed by atoms with Crippen LogP contribution in [0.25, 0.3) is 0 Å². The van der Waals surface area contributed by atoms with Crippen molar-refractivity contribution in [2.45, 2.75) is 6.04 Å². The van der Waals surface area contributed by atoms with Crippen LogP contribution < -0.4 is 10.6 Å². The lowest BCUT2D eigenvalue weighted by molar-refractivity contribution is -0.139. The molecule has 0 unspecified atom stereocenters. The van der Waals surface area contributed by atoms with Gasteiger partial charge in [0.15, 0.2) is 0 Å². The number of nitrogens with one attached hydrogen (secondary N) is 2. The predicted octanol–water partition coefficient (Wildman–Crippen LogP) is 0.230. The molecule has 7 heteroatoms. The first-order chi connectivity index (χ1) is 9.56. The maximum absolute atomic E-state index is 11.7. The lowest BCUT2D eigenvalue weighted by Gasteiger charge is -2.23. The van der Waals surface area contributed by atoms with Gasteiger partial charge in [0.05, 0.1) is 12.6 Å². The smallest absolute Gasteiger partial charge is 0.309 e. The zero-order valence-electron chi connectivity index (χ0n) is 12.0. The van der Waals surface area contributed by atoms with E-state index in [1.807, 2.05) is 35.8 Å². The number of amides is 2. The average Bonchev–Trinajstić information content (AvgIpc) is 2.92. The number of likely N-dealkylation sites (N-methyl/N-ethyl adjacent to an activating group) is 1. The largest absolute Gasteiger partial charge is 0.383 e. The van der Waals surface area contributed by atoms with Gasteiger partial charge < -0.3 is 20.3 Å². The average molecular weight is 299 g/mol. The van der Waals surface area contributed by atoms with Gasteiger partial charge in [0, 0.05) is 20.2 Å². The van der Waals surface area contributed by atoms with Crippen LogP contribution in [0.4, 0.5) is 0 Å². The summed E-state index contributed by atoms with van der Waals surface area (Å²) in [6.45, 7) is 1.10. The molecular weight excluding hydrogens is 278 g/mol. The highest BCUT2D eigenvalue weighted by atomic mass is 32.1. The molecule has 0 aromatic carbocycles. The molecule has 20 heavy (non-hydrogen) atoms. The van der Waals surface area contributed by atoms with Crippen LogP contribution in [0.1, 0.15) is 11.6 Å². The number of methoxy groups -OCH3 is 1. The molecule has 112 valence electrons. The highest BCUT2D eigenvalue weighted by Crippen LogP contribution is 2.19. The molecule has 1 aromatic rings. The fourth-order valence-electron chi connectivity index (χ4n) is 1.68. The fraction of sp³-hybridized carbons (Fsp3) is 0.538. The summed E-state index contributed by atoms with van der Waals surface area (Å²) < 4.78 is 4.80. The molecule has 0 spiro atoms. The summed E-state index contributed by atoms with van der Waals surface area (Å²) in [7, 11) is 5.41. The summed E-state index contributed by atoms with van der Waals surface area (Å²) in [5, 5.41) is 9.16. The van der Waals surface area contributed by atoms with Crippen LogP contribution in [0.15, 0.2) is 16.8 Å². The van der Waals surface area contributed by atoms with Crippen molar-refractivity contribution in [3.8, 4) is 0 Å². The number of nitrogens with zero attached hydrogens (tertiary/aromatic N) is 1. The summed E-state index contributed by atoms with van der Waals surface area (Å²) in [6, 6.07) is 2.07. The van der Waals surface area contributed by atoms with Crippen LogP contribution in [0, 0.1) is 0 Å². The molecule has 1 heterocycles. The van der Waals surface area contributed by atoms with Crippen molar-refractivity contribution in [2.75, 3.05) is 40.9 Å². The fourth-order valence-corrected chi connectivity index (χ4v) is 2.39. The topological polar surface area (TPSA) is 70.7 Å². The number of hydrogen-bond donors (Lipinski definition) is 2. The molecule has 2 N–H and O–H groups in total. The molecule has 0 bridgehead atoms. The molecule has 0 saturated heterocycles. The predicted molar refractivity (Wildman–Crippen MR) is 78.6 cm³/mol. The second-order valence-electron chi connectivity index (χ2n) is 4.49. The first-order valence-electron chi connectivity index (χ1n) is 6.29. The monoisotopic (exact) mass is 299 g/mol. The molecule has 0 saturated carbocycles. The summed E-state index contributed by atoms with van der Waals surface area (Å²) in [5.74, 6) is -1.26. The number of thiophene rings is 1. The van der Waals surface area contributed by atoms with Gasteiger partial charge >= 0.3 is 11.8 Å². The molecule has 1 aromatic heterocycles. The van der Waals surface area contributed by atoms with E-state index in [1.165, 1.54) is 7.11 Å². The van der Waals surface area contributed by atoms with E-state index in [0.29, 0.717) is 19.7 Å². The summed E-state index contributed by atoms with van der Waals surface area (Å²) >= 11 is 1.61. The Morgan fingerprint density at radius 1 is 1.35 bits per heavy atom. The number of carbonyl (C=O) groups is 2. The summed E-state index contributed by atoms with van der Waals surface area (Å²) in [5.41, 5.74) is 1.13. The van der Waals surface area contributed by atoms with E-state index >= 15 is 0 Å². The van der Waals surface area contributed by atoms with Crippen LogP contribution in [-0.2, 0) is 14.3 Å². The molecule has 0 fully saturated rings. The second-order valence-corrected chi connectivity index (χ2v) is 5.27. The van der Waals surface area contributed by atoms with Gasteiger partial charge in [-0.1, -0.05) is 0 Å². The second kappa shape index (κ2) is 8.68. The first kappa shape index (κ1) is 16.6. The molecule has 1 atom stereocenters. The van der Waals surface area contributed by atoms with Crippen LogP contribution in [-0.4, -0.2) is 57.6 Å². The Kier molecular flexibility index (Phi) is 7.21. The van der Waals surface area contributed by atoms with Crippen LogP contribution in [0.3, 0.4) is 0 Å². The van der Waals surface area contributed by atoms with Gasteiger partial charge in [-0.25, -0.2) is 0 Å². The van der Waals surface area contributed by atoms with E-state index in [2.05, 4.69) is 10.6 Å². The van der Waals surface area contributed by atoms with Crippen molar-refractivity contribution < 1.29 is 14.3 Å². The molecular formula is C13H21N3O3S. The molecule has 0 radical (unpaired) electrons. The third-order valence-electron chi connectivity index (χ3n) is 2.81. The maximum Gasteiger partial charge on any atom is 0.309 e. The standard InChI is InChI=1S/C13H21N3O3S/c1-16(2)11(10-4-7-20-9-10)8-15-13(18)12(17)14-5-6-19-3/h4,7,9,11H,5-6,8H2,1-3H3,(H,14,17)(H,15,18)/t11-/m1/s1. The van der Waals surface area contributed by atoms with E-state index in [0.717, 1.165) is 5.56 Å². The minimum absolute atomic E-state index is 0.0528. The molecule has 1 rings (SSSR count). The van der Waals surface area contributed by atoms with E-state index in [9.17, 15) is 9.59 Å². The van der Waals surface area contributed by atoms with Crippen molar-refractivity contribution in [1.82, 2.24) is 15.5 Å². The maximum atomic E-state index is 11.7. The molecule has 0 aliphatic heterocycles. The summed E-state index contributed by atoms with van der Waals surface area (Å²) in [4.78, 5) is 25.2. The van der Waals surface area contributed by atoms with E-state index in [1.54, 1.807) is 11.3 Å². The third-order valence-corrected chi connectivity index (χ3v) is 3.51. The lowest BCUT2D eigenvalue weighted by Crippen LogP contribution is -2.43. The zero-order valence-corrected chi connectivity index (χ0v) is 12.8. The first-order valence-corrected chi connectivity index (χ1v) is 7.24. The quantitative estimate of drug-likeness (QED) is 0.558. The number of ether oxygens (including phenoxy) is 1. The highest BCUT2D eigenvalue weighted by Gasteiger charge is 2.18. The third kappa shape index (κ3) is 5.28. The van der Waals surface area contributed by atoms with Crippen LogP contribution in [0.5, 0.6) is 0 Å². The van der Waals surface area contributed by atoms with Gasteiger partial charge in [0.1, 0.15) is 0 Å². The van der Waals surface area contributed by atoms with Crippen LogP contribution in [0.2, 0.25) is 0 Å². The van der Waals surface area contributed by atoms with Crippen LogP contribution >= 0.6 is 11.3 Å². The SMILES string of the molecule is COCCNC(=O)C(=O)NC[C@H](c1ccsc1)N(C)C. The van der Waals surface area contributed by atoms with E-state index in [4.69, 9.17) is 4.74 Å². The number of carbonyl (C=O) groups excluding carboxylic acids is 2. The Hall–Kier alpha value is -1.44. The molecule has 0 aliphatic rings. The van der Waals surface area contributed by atoms with Gasteiger partial charge in [-0.15, -0.1) is 0 Å². The molecule has 2 amide bonds. The van der Waals surface area contributed by atoms with E-state index < -0.39 is 11.8 Å². The van der Waals surface area contributed by atoms with Gasteiger partial charge in [-0.3, -0.25) is 9.59 Å². The van der Waals surface area contributed by atoms with Crippen molar-refractivity contribution >= 4 is 23.2 Å². The Bertz CT molecular complexity index is 421. The minimum atomic E-state index is -0.634. The van der Waals surface area contributed by atoms with Crippen molar-refractivity contribution in [2.24, 2.45) is 0 Å². The van der Waals surface area contributed by atoms with Gasteiger partial charge in [0.2, 0.25) is 0 Å². The molecule has 6 nitrogen and oxygen atoms in total. The van der Waals surface area contributed by atoms with Gasteiger partial charge in [-0.05, 0) is 36.5 Å². The van der Waals surface area contributed by atoms with Gasteiger partial charge in [-0.2, -0.15) is 11.3 Å². The minimum Gasteiger partial charge on any atom is -0.383 e. The van der Waals surface area contributed by atoms with E-state index in [-0.39, 0.29) is 6.04 Å². The number of rotatable bonds is 7. The number of hydrogen-bond acceptors (Lipinski definition) is 5.